The zero-order chi connectivity index (χ0) is 5.86. The smallest absolute Gasteiger partial charge is 0.110 e. The molecular weight excluding hydrogens is 90.1 g/mol. The van der Waals surface area contributed by atoms with E-state index >= 15 is 0 Å². The SMILES string of the molecule is CCC(O)=C(C)N. The molecule has 0 amide bonds. The van der Waals surface area contributed by atoms with Crippen molar-refractivity contribution in [1.82, 2.24) is 0 Å². The molecule has 3 N–H and O–H groups in total. The lowest BCUT2D eigenvalue weighted by Crippen LogP contribution is -1.95. The number of nitrogens with two attached hydrogens (primary N) is 1. The quantitative estimate of drug-likeness (QED) is 0.486. The van der Waals surface area contributed by atoms with Gasteiger partial charge >= 0.3 is 0 Å². The molecule has 0 aromatic carbocycles. The van der Waals surface area contributed by atoms with Crippen LogP contribution >= 0.6 is 0 Å². The van der Waals surface area contributed by atoms with Crippen LogP contribution in [0.2, 0.25) is 0 Å². The van der Waals surface area contributed by atoms with Gasteiger partial charge in [-0.1, -0.05) is 6.92 Å². The summed E-state index contributed by atoms with van der Waals surface area (Å²) in [6, 6.07) is 0. The number of aliphatic hydroxyl groups excluding tert-OH is 1. The van der Waals surface area contributed by atoms with Crippen LogP contribution in [0.1, 0.15) is 20.3 Å². The van der Waals surface area contributed by atoms with Crippen LogP contribution in [0, 0.1) is 0 Å². The fourth-order valence-corrected chi connectivity index (χ4v) is 0.279. The molecule has 0 bridgehead atoms. The van der Waals surface area contributed by atoms with E-state index in [4.69, 9.17) is 10.8 Å². The molecule has 0 saturated heterocycles. The Hall–Kier alpha value is -0.660. The average molecular weight is 101 g/mol. The molecule has 0 rings (SSSR count). The summed E-state index contributed by atoms with van der Waals surface area (Å²) in [5.41, 5.74) is 5.69. The summed E-state index contributed by atoms with van der Waals surface area (Å²) in [4.78, 5) is 0. The number of allylic oxidation sites excluding steroid dienone is 2. The van der Waals surface area contributed by atoms with Gasteiger partial charge in [0.2, 0.25) is 0 Å². The van der Waals surface area contributed by atoms with Crippen molar-refractivity contribution in [3.63, 3.8) is 0 Å². The van der Waals surface area contributed by atoms with E-state index in [0.717, 1.165) is 0 Å². The third kappa shape index (κ3) is 2.09. The van der Waals surface area contributed by atoms with E-state index in [1.807, 2.05) is 6.92 Å². The molecule has 0 aromatic heterocycles. The van der Waals surface area contributed by atoms with E-state index in [1.165, 1.54) is 0 Å². The molecule has 0 heterocycles. The third-order valence-corrected chi connectivity index (χ3v) is 0.790. The summed E-state index contributed by atoms with van der Waals surface area (Å²) in [5, 5.41) is 8.69. The van der Waals surface area contributed by atoms with Crippen LogP contribution in [0.5, 0.6) is 0 Å². The van der Waals surface area contributed by atoms with Crippen LogP contribution in [0.15, 0.2) is 11.5 Å². The second-order valence-corrected chi connectivity index (χ2v) is 1.48. The van der Waals surface area contributed by atoms with Crippen molar-refractivity contribution in [2.45, 2.75) is 20.3 Å². The highest BCUT2D eigenvalue weighted by atomic mass is 16.3. The Morgan fingerprint density at radius 1 is 1.71 bits per heavy atom. The van der Waals surface area contributed by atoms with Gasteiger partial charge in [-0.2, -0.15) is 0 Å². The van der Waals surface area contributed by atoms with Gasteiger partial charge in [0.15, 0.2) is 0 Å². The van der Waals surface area contributed by atoms with Gasteiger partial charge in [0, 0.05) is 12.1 Å². The predicted molar refractivity (Wildman–Crippen MR) is 29.8 cm³/mol. The fourth-order valence-electron chi connectivity index (χ4n) is 0.279. The summed E-state index contributed by atoms with van der Waals surface area (Å²) < 4.78 is 0. The highest BCUT2D eigenvalue weighted by molar-refractivity contribution is 4.97. The minimum Gasteiger partial charge on any atom is -0.511 e. The molecule has 0 atom stereocenters. The molecule has 2 nitrogen and oxygen atoms in total. The number of aliphatic hydroxyl groups is 1. The largest absolute Gasteiger partial charge is 0.511 e. The molecule has 0 aliphatic rings. The van der Waals surface area contributed by atoms with Crippen LogP contribution in [-0.4, -0.2) is 5.11 Å². The highest BCUT2D eigenvalue weighted by Crippen LogP contribution is 1.95. The second-order valence-electron chi connectivity index (χ2n) is 1.48. The predicted octanol–water partition coefficient (Wildman–Crippen LogP) is 1.14. The standard InChI is InChI=1S/C5H11NO/c1-3-5(7)4(2)6/h7H,3,6H2,1-2H3. The molecule has 0 aliphatic heterocycles. The monoisotopic (exact) mass is 101 g/mol. The number of hydrogen-bond donors (Lipinski definition) is 2. The van der Waals surface area contributed by atoms with E-state index in [9.17, 15) is 0 Å². The minimum absolute atomic E-state index is 0.292. The summed E-state index contributed by atoms with van der Waals surface area (Å²) in [6.07, 6.45) is 0.627. The minimum atomic E-state index is 0.292. The molecule has 0 fully saturated rings. The molecule has 2 heteroatoms. The van der Waals surface area contributed by atoms with Crippen molar-refractivity contribution >= 4 is 0 Å². The first kappa shape index (κ1) is 6.34. The second kappa shape index (κ2) is 2.50. The molecule has 0 saturated carbocycles. The molecule has 42 valence electrons. The molecule has 0 radical (unpaired) electrons. The normalized spacial score (nSPS) is 13.4. The Balaban J connectivity index is 3.72. The first-order valence-corrected chi connectivity index (χ1v) is 2.32. The summed E-state index contributed by atoms with van der Waals surface area (Å²) >= 11 is 0. The summed E-state index contributed by atoms with van der Waals surface area (Å²) in [6.45, 7) is 3.53. The van der Waals surface area contributed by atoms with Crippen LogP contribution in [0.3, 0.4) is 0 Å². The Kier molecular flexibility index (Phi) is 2.27. The van der Waals surface area contributed by atoms with E-state index in [0.29, 0.717) is 17.9 Å². The molecule has 7 heavy (non-hydrogen) atoms. The lowest BCUT2D eigenvalue weighted by atomic mass is 10.3. The van der Waals surface area contributed by atoms with Gasteiger partial charge < -0.3 is 10.8 Å². The van der Waals surface area contributed by atoms with Crippen LogP contribution in [0.4, 0.5) is 0 Å². The first-order chi connectivity index (χ1) is 3.18. The van der Waals surface area contributed by atoms with Crippen LogP contribution < -0.4 is 5.73 Å². The van der Waals surface area contributed by atoms with Gasteiger partial charge in [0.1, 0.15) is 5.76 Å². The van der Waals surface area contributed by atoms with Gasteiger partial charge in [-0.05, 0) is 6.92 Å². The summed E-state index contributed by atoms with van der Waals surface area (Å²) in [7, 11) is 0. The molecule has 0 aliphatic carbocycles. The van der Waals surface area contributed by atoms with Gasteiger partial charge in [0.25, 0.3) is 0 Å². The number of rotatable bonds is 1. The third-order valence-electron chi connectivity index (χ3n) is 0.790. The van der Waals surface area contributed by atoms with Gasteiger partial charge in [-0.3, -0.25) is 0 Å². The highest BCUT2D eigenvalue weighted by Gasteiger charge is 1.87. The zero-order valence-corrected chi connectivity index (χ0v) is 4.73. The van der Waals surface area contributed by atoms with Gasteiger partial charge in [-0.15, -0.1) is 0 Å². The topological polar surface area (TPSA) is 46.2 Å². The Morgan fingerprint density at radius 2 is 2.14 bits per heavy atom. The Bertz CT molecular complexity index is 82.1. The van der Waals surface area contributed by atoms with Gasteiger partial charge in [0.05, 0.1) is 0 Å². The molecule has 0 unspecified atom stereocenters. The maximum absolute atomic E-state index is 8.69. The van der Waals surface area contributed by atoms with E-state index in [2.05, 4.69) is 0 Å². The van der Waals surface area contributed by atoms with Crippen molar-refractivity contribution in [2.75, 3.05) is 0 Å². The lowest BCUT2D eigenvalue weighted by molar-refractivity contribution is 0.386. The summed E-state index contributed by atoms with van der Waals surface area (Å²) in [5.74, 6) is 0.292. The van der Waals surface area contributed by atoms with Crippen molar-refractivity contribution in [1.29, 1.82) is 0 Å². The first-order valence-electron chi connectivity index (χ1n) is 2.32. The Labute approximate surface area is 43.6 Å². The average Bonchev–Trinajstić information content (AvgIpc) is 1.65. The molecular formula is C5H11NO. The van der Waals surface area contributed by atoms with Crippen molar-refractivity contribution < 1.29 is 5.11 Å². The van der Waals surface area contributed by atoms with Gasteiger partial charge in [-0.25, -0.2) is 0 Å². The molecule has 0 aromatic rings. The van der Waals surface area contributed by atoms with E-state index in [-0.39, 0.29) is 0 Å². The van der Waals surface area contributed by atoms with E-state index in [1.54, 1.807) is 6.92 Å². The van der Waals surface area contributed by atoms with Crippen LogP contribution in [0.25, 0.3) is 0 Å². The molecule has 0 spiro atoms. The van der Waals surface area contributed by atoms with Crippen molar-refractivity contribution in [3.05, 3.63) is 11.5 Å². The lowest BCUT2D eigenvalue weighted by Gasteiger charge is -1.93. The van der Waals surface area contributed by atoms with Crippen molar-refractivity contribution in [3.8, 4) is 0 Å². The number of hydrogen-bond acceptors (Lipinski definition) is 2. The zero-order valence-electron chi connectivity index (χ0n) is 4.73. The Morgan fingerprint density at radius 3 is 2.14 bits per heavy atom. The van der Waals surface area contributed by atoms with E-state index < -0.39 is 0 Å². The maximum atomic E-state index is 8.69. The fraction of sp³-hybridized carbons (Fsp3) is 0.600. The van der Waals surface area contributed by atoms with Crippen molar-refractivity contribution in [2.24, 2.45) is 5.73 Å². The maximum Gasteiger partial charge on any atom is 0.110 e. The van der Waals surface area contributed by atoms with Crippen LogP contribution in [-0.2, 0) is 0 Å².